The largest absolute Gasteiger partial charge is 0.489 e. The Bertz CT molecular complexity index is 1640. The van der Waals surface area contributed by atoms with E-state index in [0.717, 1.165) is 81.0 Å². The average Bonchev–Trinajstić information content (AvgIpc) is 3.04. The predicted molar refractivity (Wildman–Crippen MR) is 180 cm³/mol. The smallest absolute Gasteiger partial charge is 0.150 e. The highest BCUT2D eigenvalue weighted by Crippen LogP contribution is 2.34. The third-order valence-corrected chi connectivity index (χ3v) is 9.96. The standard InChI is InChI=1S/C19H19NO2.C18H19IO2/c1-13-2-7-16(8-3-13)22-19-9-6-15-5-4-14(12-21)10-17(15)18(19)11-20;1-12-2-7-15(8-3-12)21-17-9-6-14-5-4-13(11-20)10-16(14)18(17)19/h4-6,9-10,12-13,16H,2-3,7-8H2,1H3;4-6,9-12,15H,2-3,7-8H2,1H3. The Morgan fingerprint density at radius 2 is 1.12 bits per heavy atom. The lowest BCUT2D eigenvalue weighted by atomic mass is 9.89. The molecule has 222 valence electrons. The van der Waals surface area contributed by atoms with E-state index >= 15 is 0 Å². The molecule has 4 aromatic rings. The molecule has 0 heterocycles. The first-order valence-electron chi connectivity index (χ1n) is 15.3. The summed E-state index contributed by atoms with van der Waals surface area (Å²) in [5.41, 5.74) is 1.82. The molecule has 6 rings (SSSR count). The lowest BCUT2D eigenvalue weighted by Crippen LogP contribution is -2.23. The van der Waals surface area contributed by atoms with E-state index < -0.39 is 0 Å². The van der Waals surface area contributed by atoms with Gasteiger partial charge < -0.3 is 9.47 Å². The van der Waals surface area contributed by atoms with Gasteiger partial charge in [-0.15, -0.1) is 0 Å². The highest BCUT2D eigenvalue weighted by atomic mass is 127. The minimum atomic E-state index is 0.190. The second kappa shape index (κ2) is 14.4. The molecule has 2 aliphatic carbocycles. The van der Waals surface area contributed by atoms with Gasteiger partial charge in [0.25, 0.3) is 0 Å². The van der Waals surface area contributed by atoms with Crippen LogP contribution in [0.4, 0.5) is 0 Å². The maximum atomic E-state index is 11.0. The van der Waals surface area contributed by atoms with E-state index in [2.05, 4.69) is 54.6 Å². The number of rotatable bonds is 6. The summed E-state index contributed by atoms with van der Waals surface area (Å²) in [5, 5.41) is 13.5. The molecule has 2 saturated carbocycles. The number of fused-ring (bicyclic) bond motifs is 2. The van der Waals surface area contributed by atoms with Crippen molar-refractivity contribution in [3.63, 3.8) is 0 Å². The van der Waals surface area contributed by atoms with E-state index in [9.17, 15) is 14.9 Å². The molecule has 0 bridgehead atoms. The van der Waals surface area contributed by atoms with Gasteiger partial charge in [0.2, 0.25) is 0 Å². The van der Waals surface area contributed by atoms with Crippen molar-refractivity contribution in [2.24, 2.45) is 11.8 Å². The number of hydrogen-bond acceptors (Lipinski definition) is 5. The number of hydrogen-bond donors (Lipinski definition) is 0. The molecule has 2 aliphatic rings. The van der Waals surface area contributed by atoms with Crippen LogP contribution in [0.2, 0.25) is 0 Å². The fraction of sp³-hybridized carbons (Fsp3) is 0.378. The minimum absolute atomic E-state index is 0.190. The lowest BCUT2D eigenvalue weighted by Gasteiger charge is -2.27. The van der Waals surface area contributed by atoms with E-state index in [0.29, 0.717) is 28.5 Å². The van der Waals surface area contributed by atoms with Crippen LogP contribution < -0.4 is 9.47 Å². The third-order valence-electron chi connectivity index (χ3n) is 8.85. The maximum Gasteiger partial charge on any atom is 0.150 e. The monoisotopic (exact) mass is 687 g/mol. The summed E-state index contributed by atoms with van der Waals surface area (Å²) < 4.78 is 13.4. The second-order valence-electron chi connectivity index (χ2n) is 12.1. The highest BCUT2D eigenvalue weighted by Gasteiger charge is 2.22. The molecule has 0 unspecified atom stereocenters. The summed E-state index contributed by atoms with van der Waals surface area (Å²) >= 11 is 2.33. The molecular weight excluding hydrogens is 649 g/mol. The zero-order valence-electron chi connectivity index (χ0n) is 24.9. The normalized spacial score (nSPS) is 21.7. The van der Waals surface area contributed by atoms with Crippen LogP contribution in [0, 0.1) is 26.7 Å². The second-order valence-corrected chi connectivity index (χ2v) is 13.2. The topological polar surface area (TPSA) is 76.4 Å². The Hall–Kier alpha value is -3.44. The summed E-state index contributed by atoms with van der Waals surface area (Å²) in [6.45, 7) is 4.59. The SMILES string of the molecule is CC1CCC(Oc2ccc3ccc(C=O)cc3c2C#N)CC1.CC1CCC(Oc2ccc3ccc(C=O)cc3c2I)CC1. The van der Waals surface area contributed by atoms with Crippen molar-refractivity contribution in [3.8, 4) is 17.6 Å². The zero-order valence-corrected chi connectivity index (χ0v) is 27.0. The van der Waals surface area contributed by atoms with Crippen molar-refractivity contribution in [2.75, 3.05) is 0 Å². The van der Waals surface area contributed by atoms with Gasteiger partial charge in [-0.1, -0.05) is 50.2 Å². The van der Waals surface area contributed by atoms with Gasteiger partial charge in [0.05, 0.1) is 15.8 Å². The first-order valence-corrected chi connectivity index (χ1v) is 16.4. The molecule has 0 aliphatic heterocycles. The van der Waals surface area contributed by atoms with Crippen molar-refractivity contribution in [1.29, 1.82) is 5.26 Å². The highest BCUT2D eigenvalue weighted by molar-refractivity contribution is 14.1. The molecule has 0 amide bonds. The molecule has 43 heavy (non-hydrogen) atoms. The molecule has 0 spiro atoms. The van der Waals surface area contributed by atoms with Crippen molar-refractivity contribution >= 4 is 56.7 Å². The summed E-state index contributed by atoms with van der Waals surface area (Å²) in [7, 11) is 0. The van der Waals surface area contributed by atoms with Crippen LogP contribution in [0.15, 0.2) is 60.7 Å². The maximum absolute atomic E-state index is 11.0. The Balaban J connectivity index is 0.000000171. The van der Waals surface area contributed by atoms with Crippen LogP contribution in [0.1, 0.15) is 91.5 Å². The molecule has 6 heteroatoms. The van der Waals surface area contributed by atoms with Crippen molar-refractivity contribution in [2.45, 2.75) is 77.4 Å². The number of halogens is 1. The first kappa shape index (κ1) is 31.0. The molecule has 0 N–H and O–H groups in total. The lowest BCUT2D eigenvalue weighted by molar-refractivity contribution is 0.111. The van der Waals surface area contributed by atoms with Crippen LogP contribution in [0.25, 0.3) is 21.5 Å². The fourth-order valence-electron chi connectivity index (χ4n) is 6.10. The summed E-state index contributed by atoms with van der Waals surface area (Å²) in [6, 6.07) is 21.4. The van der Waals surface area contributed by atoms with Gasteiger partial charge in [0, 0.05) is 16.5 Å². The number of ether oxygens (including phenoxy) is 2. The number of carbonyl (C=O) groups is 2. The van der Waals surface area contributed by atoms with E-state index in [1.54, 1.807) is 12.1 Å². The van der Waals surface area contributed by atoms with Crippen LogP contribution in [0.3, 0.4) is 0 Å². The van der Waals surface area contributed by atoms with Crippen LogP contribution >= 0.6 is 22.6 Å². The van der Waals surface area contributed by atoms with Gasteiger partial charge in [-0.3, -0.25) is 9.59 Å². The molecule has 0 radical (unpaired) electrons. The van der Waals surface area contributed by atoms with E-state index in [4.69, 9.17) is 9.47 Å². The Labute approximate surface area is 267 Å². The number of aldehydes is 2. The first-order chi connectivity index (χ1) is 20.9. The van der Waals surface area contributed by atoms with E-state index in [1.807, 2.05) is 36.4 Å². The average molecular weight is 688 g/mol. The van der Waals surface area contributed by atoms with E-state index in [1.165, 1.54) is 25.7 Å². The summed E-state index contributed by atoms with van der Waals surface area (Å²) in [4.78, 5) is 21.9. The number of carbonyl (C=O) groups excluding carboxylic acids is 2. The summed E-state index contributed by atoms with van der Waals surface area (Å²) in [5.74, 6) is 3.18. The molecule has 5 nitrogen and oxygen atoms in total. The Kier molecular flexibility index (Phi) is 10.3. The van der Waals surface area contributed by atoms with Gasteiger partial charge in [0.15, 0.2) is 0 Å². The van der Waals surface area contributed by atoms with Crippen molar-refractivity contribution in [3.05, 3.63) is 80.9 Å². The van der Waals surface area contributed by atoms with Crippen LogP contribution in [-0.4, -0.2) is 24.8 Å². The fourth-order valence-corrected chi connectivity index (χ4v) is 6.88. The number of benzene rings is 4. The van der Waals surface area contributed by atoms with Crippen LogP contribution in [-0.2, 0) is 0 Å². The van der Waals surface area contributed by atoms with Gasteiger partial charge >= 0.3 is 0 Å². The van der Waals surface area contributed by atoms with Crippen LogP contribution in [0.5, 0.6) is 11.5 Å². The molecule has 4 aromatic carbocycles. The molecule has 0 atom stereocenters. The quantitative estimate of drug-likeness (QED) is 0.149. The molecule has 0 saturated heterocycles. The van der Waals surface area contributed by atoms with Gasteiger partial charge in [0.1, 0.15) is 35.7 Å². The molecular formula is C37H38INO4. The van der Waals surface area contributed by atoms with Crippen molar-refractivity contribution < 1.29 is 19.1 Å². The Morgan fingerprint density at radius 3 is 1.63 bits per heavy atom. The Morgan fingerprint density at radius 1 is 0.674 bits per heavy atom. The molecule has 0 aromatic heterocycles. The van der Waals surface area contributed by atoms with Gasteiger partial charge in [-0.2, -0.15) is 5.26 Å². The number of nitrogens with zero attached hydrogens (tertiary/aromatic N) is 1. The van der Waals surface area contributed by atoms with E-state index in [-0.39, 0.29) is 6.10 Å². The van der Waals surface area contributed by atoms with Crippen molar-refractivity contribution in [1.82, 2.24) is 0 Å². The molecule has 2 fully saturated rings. The number of nitriles is 1. The summed E-state index contributed by atoms with van der Waals surface area (Å²) in [6.07, 6.45) is 11.4. The van der Waals surface area contributed by atoms with Gasteiger partial charge in [-0.25, -0.2) is 0 Å². The predicted octanol–water partition coefficient (Wildman–Crippen LogP) is 9.70. The van der Waals surface area contributed by atoms with Gasteiger partial charge in [-0.05, 0) is 126 Å². The minimum Gasteiger partial charge on any atom is -0.489 e. The zero-order chi connectivity index (χ0) is 30.3. The third kappa shape index (κ3) is 7.56.